The van der Waals surface area contributed by atoms with Crippen LogP contribution in [-0.4, -0.2) is 40.1 Å². The highest BCUT2D eigenvalue weighted by atomic mass is 35.5. The molecule has 1 aromatic heterocycles. The fourth-order valence-electron chi connectivity index (χ4n) is 2.23. The Bertz CT molecular complexity index is 461. The molecule has 5 heteroatoms. The first kappa shape index (κ1) is 14.3. The minimum atomic E-state index is -0.0735. The molecule has 0 unspecified atom stereocenters. The van der Waals surface area contributed by atoms with E-state index in [0.29, 0.717) is 23.6 Å². The number of amides is 1. The topological polar surface area (TPSA) is 53.4 Å². The summed E-state index contributed by atoms with van der Waals surface area (Å²) < 4.78 is 0. The molecular weight excluding hydrogens is 264 g/mol. The molecule has 1 aromatic rings. The highest BCUT2D eigenvalue weighted by molar-refractivity contribution is 6.33. The van der Waals surface area contributed by atoms with Gasteiger partial charge >= 0.3 is 0 Å². The molecule has 1 aliphatic carbocycles. The molecule has 4 nitrogen and oxygen atoms in total. The van der Waals surface area contributed by atoms with Crippen LogP contribution in [0.3, 0.4) is 0 Å². The average molecular weight is 283 g/mol. The largest absolute Gasteiger partial charge is 0.396 e. The molecule has 1 amide bonds. The van der Waals surface area contributed by atoms with E-state index in [1.54, 1.807) is 12.3 Å². The Balaban J connectivity index is 2.17. The number of aliphatic hydroxyl groups excluding tert-OH is 1. The average Bonchev–Trinajstić information content (AvgIpc) is 2.31. The van der Waals surface area contributed by atoms with Crippen molar-refractivity contribution in [3.05, 3.63) is 28.5 Å². The molecule has 1 N–H and O–H groups in total. The molecule has 1 fully saturated rings. The molecule has 0 aromatic carbocycles. The smallest absolute Gasteiger partial charge is 0.257 e. The Kier molecular flexibility index (Phi) is 4.77. The van der Waals surface area contributed by atoms with Gasteiger partial charge in [0.1, 0.15) is 0 Å². The zero-order valence-electron chi connectivity index (χ0n) is 11.1. The maximum Gasteiger partial charge on any atom is 0.257 e. The third-order valence-corrected chi connectivity index (χ3v) is 3.87. The minimum Gasteiger partial charge on any atom is -0.396 e. The minimum absolute atomic E-state index is 0.0735. The van der Waals surface area contributed by atoms with Crippen LogP contribution in [-0.2, 0) is 0 Å². The molecule has 0 saturated heterocycles. The van der Waals surface area contributed by atoms with Crippen LogP contribution < -0.4 is 0 Å². The second kappa shape index (κ2) is 6.35. The second-order valence-electron chi connectivity index (χ2n) is 4.97. The molecule has 0 atom stereocenters. The normalized spacial score (nSPS) is 15.1. The van der Waals surface area contributed by atoms with Crippen LogP contribution in [0.4, 0.5) is 0 Å². The van der Waals surface area contributed by atoms with Gasteiger partial charge in [0, 0.05) is 31.1 Å². The van der Waals surface area contributed by atoms with Crippen molar-refractivity contribution < 1.29 is 9.90 Å². The predicted octanol–water partition coefficient (Wildman–Crippen LogP) is 2.42. The van der Waals surface area contributed by atoms with E-state index < -0.39 is 0 Å². The maximum absolute atomic E-state index is 12.5. The summed E-state index contributed by atoms with van der Waals surface area (Å²) in [4.78, 5) is 18.5. The van der Waals surface area contributed by atoms with Crippen molar-refractivity contribution in [2.45, 2.75) is 38.6 Å². The lowest BCUT2D eigenvalue weighted by atomic mass is 9.91. The summed E-state index contributed by atoms with van der Waals surface area (Å²) in [5.74, 6) is -0.0735. The zero-order chi connectivity index (χ0) is 13.8. The number of aliphatic hydroxyl groups is 1. The SMILES string of the molecule is Cc1cc(Cl)c(C(=O)N(CCCO)C2CCC2)cn1. The zero-order valence-corrected chi connectivity index (χ0v) is 11.9. The van der Waals surface area contributed by atoms with E-state index in [1.165, 1.54) is 0 Å². The lowest BCUT2D eigenvalue weighted by molar-refractivity contribution is 0.0562. The van der Waals surface area contributed by atoms with Crippen molar-refractivity contribution in [3.8, 4) is 0 Å². The van der Waals surface area contributed by atoms with Crippen molar-refractivity contribution in [2.75, 3.05) is 13.2 Å². The molecule has 104 valence electrons. The van der Waals surface area contributed by atoms with Crippen LogP contribution in [0.5, 0.6) is 0 Å². The number of carbonyl (C=O) groups excluding carboxylic acids is 1. The Morgan fingerprint density at radius 1 is 1.58 bits per heavy atom. The van der Waals surface area contributed by atoms with Crippen molar-refractivity contribution in [1.82, 2.24) is 9.88 Å². The third kappa shape index (κ3) is 3.25. The fraction of sp³-hybridized carbons (Fsp3) is 0.571. The number of halogens is 1. The summed E-state index contributed by atoms with van der Waals surface area (Å²) in [5.41, 5.74) is 1.25. The van der Waals surface area contributed by atoms with Gasteiger partial charge in [-0.25, -0.2) is 0 Å². The quantitative estimate of drug-likeness (QED) is 0.902. The number of aromatic nitrogens is 1. The lowest BCUT2D eigenvalue weighted by Gasteiger charge is -2.37. The highest BCUT2D eigenvalue weighted by Crippen LogP contribution is 2.28. The molecule has 1 aliphatic rings. The number of pyridine rings is 1. The molecular formula is C14H19ClN2O2. The van der Waals surface area contributed by atoms with Crippen LogP contribution in [0.2, 0.25) is 5.02 Å². The van der Waals surface area contributed by atoms with Gasteiger partial charge in [0.15, 0.2) is 0 Å². The van der Waals surface area contributed by atoms with Gasteiger partial charge in [-0.2, -0.15) is 0 Å². The first-order chi connectivity index (χ1) is 9.13. The summed E-state index contributed by atoms with van der Waals surface area (Å²) in [7, 11) is 0. The molecule has 0 aliphatic heterocycles. The first-order valence-corrected chi connectivity index (χ1v) is 7.05. The van der Waals surface area contributed by atoms with Crippen molar-refractivity contribution in [2.24, 2.45) is 0 Å². The van der Waals surface area contributed by atoms with Crippen LogP contribution in [0, 0.1) is 6.92 Å². The maximum atomic E-state index is 12.5. The number of nitrogens with zero attached hydrogens (tertiary/aromatic N) is 2. The van der Waals surface area contributed by atoms with E-state index in [0.717, 1.165) is 25.0 Å². The number of hydrogen-bond donors (Lipinski definition) is 1. The van der Waals surface area contributed by atoms with Gasteiger partial charge in [-0.05, 0) is 38.7 Å². The van der Waals surface area contributed by atoms with Gasteiger partial charge in [0.05, 0.1) is 10.6 Å². The van der Waals surface area contributed by atoms with Crippen LogP contribution in [0.15, 0.2) is 12.3 Å². The van der Waals surface area contributed by atoms with E-state index in [9.17, 15) is 4.79 Å². The molecule has 0 spiro atoms. The third-order valence-electron chi connectivity index (χ3n) is 3.55. The first-order valence-electron chi connectivity index (χ1n) is 6.67. The Labute approximate surface area is 118 Å². The van der Waals surface area contributed by atoms with Gasteiger partial charge in [0.2, 0.25) is 0 Å². The fourth-order valence-corrected chi connectivity index (χ4v) is 2.52. The van der Waals surface area contributed by atoms with E-state index in [4.69, 9.17) is 16.7 Å². The highest BCUT2D eigenvalue weighted by Gasteiger charge is 2.30. The number of carbonyl (C=O) groups is 1. The van der Waals surface area contributed by atoms with Gasteiger partial charge in [0.25, 0.3) is 5.91 Å². The van der Waals surface area contributed by atoms with Crippen molar-refractivity contribution in [1.29, 1.82) is 0 Å². The van der Waals surface area contributed by atoms with Gasteiger partial charge in [-0.15, -0.1) is 0 Å². The number of aryl methyl sites for hydroxylation is 1. The summed E-state index contributed by atoms with van der Waals surface area (Å²) in [6.45, 7) is 2.51. The van der Waals surface area contributed by atoms with E-state index in [-0.39, 0.29) is 18.6 Å². The summed E-state index contributed by atoms with van der Waals surface area (Å²) in [5, 5.41) is 9.40. The molecule has 1 heterocycles. The van der Waals surface area contributed by atoms with Crippen LogP contribution in [0.25, 0.3) is 0 Å². The Morgan fingerprint density at radius 3 is 2.84 bits per heavy atom. The van der Waals surface area contributed by atoms with Crippen LogP contribution >= 0.6 is 11.6 Å². The molecule has 0 bridgehead atoms. The predicted molar refractivity (Wildman–Crippen MR) is 74.4 cm³/mol. The standard InChI is InChI=1S/C14H19ClN2O2/c1-10-8-13(15)12(9-16-10)14(19)17(6-3-7-18)11-4-2-5-11/h8-9,11,18H,2-7H2,1H3. The Morgan fingerprint density at radius 2 is 2.32 bits per heavy atom. The Hall–Kier alpha value is -1.13. The summed E-state index contributed by atoms with van der Waals surface area (Å²) in [6.07, 6.45) is 5.37. The van der Waals surface area contributed by atoms with Gasteiger partial charge in [-0.1, -0.05) is 11.6 Å². The number of rotatable bonds is 5. The van der Waals surface area contributed by atoms with Crippen molar-refractivity contribution >= 4 is 17.5 Å². The summed E-state index contributed by atoms with van der Waals surface area (Å²) in [6, 6.07) is 2.00. The van der Waals surface area contributed by atoms with Crippen LogP contribution in [0.1, 0.15) is 41.7 Å². The molecule has 0 radical (unpaired) electrons. The lowest BCUT2D eigenvalue weighted by Crippen LogP contribution is -2.45. The molecule has 1 saturated carbocycles. The monoisotopic (exact) mass is 282 g/mol. The molecule has 19 heavy (non-hydrogen) atoms. The van der Waals surface area contributed by atoms with E-state index in [1.807, 2.05) is 11.8 Å². The van der Waals surface area contributed by atoms with Gasteiger partial charge in [-0.3, -0.25) is 9.78 Å². The van der Waals surface area contributed by atoms with Gasteiger partial charge < -0.3 is 10.0 Å². The number of hydrogen-bond acceptors (Lipinski definition) is 3. The summed E-state index contributed by atoms with van der Waals surface area (Å²) >= 11 is 6.13. The van der Waals surface area contributed by atoms with E-state index >= 15 is 0 Å². The van der Waals surface area contributed by atoms with E-state index in [2.05, 4.69) is 4.98 Å². The van der Waals surface area contributed by atoms with Crippen molar-refractivity contribution in [3.63, 3.8) is 0 Å². The second-order valence-corrected chi connectivity index (χ2v) is 5.37. The molecule has 2 rings (SSSR count).